The van der Waals surface area contributed by atoms with Crippen LogP contribution in [-0.4, -0.2) is 20.9 Å². The Morgan fingerprint density at radius 3 is 2.41 bits per heavy atom. The van der Waals surface area contributed by atoms with Crippen LogP contribution in [0.4, 0.5) is 17.6 Å². The van der Waals surface area contributed by atoms with E-state index in [9.17, 15) is 17.6 Å². The van der Waals surface area contributed by atoms with Gasteiger partial charge in [0.2, 0.25) is 5.82 Å². The predicted octanol–water partition coefficient (Wildman–Crippen LogP) is 3.73. The molecule has 1 aromatic carbocycles. The zero-order valence-electron chi connectivity index (χ0n) is 11.5. The van der Waals surface area contributed by atoms with E-state index in [0.717, 1.165) is 5.56 Å². The predicted molar refractivity (Wildman–Crippen MR) is 70.0 cm³/mol. The average Bonchev–Trinajstić information content (AvgIpc) is 2.97. The molecule has 1 aliphatic heterocycles. The maximum absolute atomic E-state index is 14.1. The van der Waals surface area contributed by atoms with Crippen molar-refractivity contribution in [1.29, 1.82) is 0 Å². The number of hydrogen-bond donors (Lipinski definition) is 0. The molecule has 4 atom stereocenters. The van der Waals surface area contributed by atoms with Crippen LogP contribution in [-0.2, 0) is 5.92 Å². The third kappa shape index (κ3) is 1.94. The van der Waals surface area contributed by atoms with Gasteiger partial charge in [0.05, 0.1) is 12.0 Å². The quantitative estimate of drug-likeness (QED) is 0.809. The highest BCUT2D eigenvalue weighted by atomic mass is 19.3. The van der Waals surface area contributed by atoms with E-state index in [1.807, 2.05) is 6.07 Å². The van der Waals surface area contributed by atoms with Gasteiger partial charge < -0.3 is 0 Å². The van der Waals surface area contributed by atoms with Crippen molar-refractivity contribution < 1.29 is 17.6 Å². The molecule has 0 bridgehead atoms. The number of hydrogen-bond acceptors (Lipinski definition) is 2. The molecule has 0 spiro atoms. The Labute approximate surface area is 124 Å². The van der Waals surface area contributed by atoms with Crippen molar-refractivity contribution >= 4 is 0 Å². The van der Waals surface area contributed by atoms with Crippen LogP contribution in [0, 0.1) is 5.92 Å². The summed E-state index contributed by atoms with van der Waals surface area (Å²) in [6.45, 7) is 0. The molecule has 0 N–H and O–H groups in total. The van der Waals surface area contributed by atoms with Gasteiger partial charge in [0.15, 0.2) is 12.0 Å². The van der Waals surface area contributed by atoms with Gasteiger partial charge in [-0.25, -0.2) is 18.4 Å². The smallest absolute Gasteiger partial charge is 0.247 e. The zero-order valence-corrected chi connectivity index (χ0v) is 11.5. The maximum atomic E-state index is 14.1. The van der Waals surface area contributed by atoms with E-state index in [2.05, 4.69) is 10.1 Å². The molecule has 7 heteroatoms. The molecule has 1 fully saturated rings. The fraction of sp³-hybridized carbons (Fsp3) is 0.467. The summed E-state index contributed by atoms with van der Waals surface area (Å²) in [6.07, 6.45) is -3.04. The number of fused-ring (bicyclic) bond motifs is 1. The molecule has 0 saturated heterocycles. The van der Waals surface area contributed by atoms with Crippen molar-refractivity contribution in [3.63, 3.8) is 0 Å². The van der Waals surface area contributed by atoms with Gasteiger partial charge in [-0.05, 0) is 12.0 Å². The highest BCUT2D eigenvalue weighted by Crippen LogP contribution is 2.51. The molecule has 0 amide bonds. The van der Waals surface area contributed by atoms with E-state index in [1.54, 1.807) is 24.3 Å². The fourth-order valence-corrected chi connectivity index (χ4v) is 2.98. The lowest BCUT2D eigenvalue weighted by Crippen LogP contribution is -2.21. The van der Waals surface area contributed by atoms with E-state index in [4.69, 9.17) is 0 Å². The molecule has 0 radical (unpaired) electrons. The van der Waals surface area contributed by atoms with Gasteiger partial charge in [-0.3, -0.25) is 0 Å². The van der Waals surface area contributed by atoms with Crippen LogP contribution in [0.25, 0.3) is 0 Å². The van der Waals surface area contributed by atoms with Crippen LogP contribution >= 0.6 is 0 Å². The lowest BCUT2D eigenvalue weighted by atomic mass is 10.0. The topological polar surface area (TPSA) is 30.7 Å². The summed E-state index contributed by atoms with van der Waals surface area (Å²) < 4.78 is 56.5. The zero-order chi connectivity index (χ0) is 15.5. The van der Waals surface area contributed by atoms with Gasteiger partial charge in [-0.15, -0.1) is 5.10 Å². The summed E-state index contributed by atoms with van der Waals surface area (Å²) in [4.78, 5) is 3.68. The van der Waals surface area contributed by atoms with E-state index in [-0.39, 0.29) is 18.7 Å². The van der Waals surface area contributed by atoms with Gasteiger partial charge in [-0.1, -0.05) is 30.3 Å². The third-order valence-corrected chi connectivity index (χ3v) is 4.32. The molecule has 2 heterocycles. The summed E-state index contributed by atoms with van der Waals surface area (Å²) in [7, 11) is 0. The molecule has 1 aromatic heterocycles. The highest BCUT2D eigenvalue weighted by Gasteiger charge is 2.59. The molecule has 22 heavy (non-hydrogen) atoms. The number of alkyl halides is 4. The Bertz CT molecular complexity index is 700. The van der Waals surface area contributed by atoms with Crippen LogP contribution in [0.15, 0.2) is 30.3 Å². The van der Waals surface area contributed by atoms with Crippen molar-refractivity contribution in [2.45, 2.75) is 37.1 Å². The molecule has 116 valence electrons. The Balaban J connectivity index is 1.72. The number of nitrogens with zero attached hydrogens (tertiary/aromatic N) is 3. The molecule has 2 unspecified atom stereocenters. The number of benzene rings is 1. The van der Waals surface area contributed by atoms with Crippen molar-refractivity contribution in [2.75, 3.05) is 0 Å². The van der Waals surface area contributed by atoms with Gasteiger partial charge in [0, 0.05) is 6.42 Å². The van der Waals surface area contributed by atoms with Gasteiger partial charge in [0.1, 0.15) is 6.17 Å². The van der Waals surface area contributed by atoms with Crippen molar-refractivity contribution in [1.82, 2.24) is 14.8 Å². The number of aromatic nitrogens is 3. The Morgan fingerprint density at radius 2 is 1.77 bits per heavy atom. The average molecular weight is 311 g/mol. The van der Waals surface area contributed by atoms with Crippen molar-refractivity contribution in [3.05, 3.63) is 47.5 Å². The first-order valence-electron chi connectivity index (χ1n) is 7.16. The Kier molecular flexibility index (Phi) is 2.83. The molecule has 2 aromatic rings. The molecular formula is C15H13F4N3. The summed E-state index contributed by atoms with van der Waals surface area (Å²) in [5.74, 6) is -5.70. The second kappa shape index (κ2) is 4.54. The van der Waals surface area contributed by atoms with Gasteiger partial charge in [0.25, 0.3) is 0 Å². The lowest BCUT2D eigenvalue weighted by molar-refractivity contribution is -0.0445. The number of halogens is 4. The standard InChI is InChI=1S/C15H13F4N3/c16-10-6-9(10)15(18,19)14-20-13-11(17)7-12(22(13)21-14)8-4-2-1-3-5-8/h1-5,9-12H,6-7H2/t9?,10?,11-,12-/m0/s1. The van der Waals surface area contributed by atoms with E-state index < -0.39 is 36.1 Å². The van der Waals surface area contributed by atoms with Crippen LogP contribution in [0.3, 0.4) is 0 Å². The van der Waals surface area contributed by atoms with Crippen molar-refractivity contribution in [3.8, 4) is 0 Å². The fourth-order valence-electron chi connectivity index (χ4n) is 2.98. The second-order valence-corrected chi connectivity index (χ2v) is 5.85. The van der Waals surface area contributed by atoms with Crippen LogP contribution < -0.4 is 0 Å². The monoisotopic (exact) mass is 311 g/mol. The van der Waals surface area contributed by atoms with Crippen LogP contribution in [0.2, 0.25) is 0 Å². The minimum atomic E-state index is -3.45. The molecular weight excluding hydrogens is 298 g/mol. The van der Waals surface area contributed by atoms with Crippen molar-refractivity contribution in [2.24, 2.45) is 5.92 Å². The van der Waals surface area contributed by atoms with E-state index >= 15 is 0 Å². The maximum Gasteiger partial charge on any atom is 0.314 e. The first-order chi connectivity index (χ1) is 10.5. The second-order valence-electron chi connectivity index (χ2n) is 5.85. The minimum absolute atomic E-state index is 0.0976. The highest BCUT2D eigenvalue weighted by molar-refractivity contribution is 5.24. The summed E-state index contributed by atoms with van der Waals surface area (Å²) in [6, 6.07) is 8.55. The number of rotatable bonds is 3. The van der Waals surface area contributed by atoms with Gasteiger partial charge >= 0.3 is 5.92 Å². The molecule has 4 rings (SSSR count). The lowest BCUT2D eigenvalue weighted by Gasteiger charge is -2.13. The Hall–Kier alpha value is -1.92. The largest absolute Gasteiger partial charge is 0.314 e. The van der Waals surface area contributed by atoms with E-state index in [0.29, 0.717) is 0 Å². The van der Waals surface area contributed by atoms with Gasteiger partial charge in [-0.2, -0.15) is 8.78 Å². The molecule has 1 aliphatic carbocycles. The summed E-state index contributed by atoms with van der Waals surface area (Å²) in [5.41, 5.74) is 0.790. The molecule has 1 saturated carbocycles. The first kappa shape index (κ1) is 13.7. The normalized spacial score (nSPS) is 30.4. The molecule has 2 aliphatic rings. The minimum Gasteiger partial charge on any atom is -0.247 e. The van der Waals surface area contributed by atoms with Crippen LogP contribution in [0.1, 0.15) is 42.3 Å². The SMILES string of the molecule is FC1CC1C(F)(F)c1nc2n(n1)[C@H](c1ccccc1)C[C@@H]2F. The summed E-state index contributed by atoms with van der Waals surface area (Å²) in [5, 5.41) is 3.82. The summed E-state index contributed by atoms with van der Waals surface area (Å²) >= 11 is 0. The Morgan fingerprint density at radius 1 is 1.09 bits per heavy atom. The first-order valence-corrected chi connectivity index (χ1v) is 7.16. The van der Waals surface area contributed by atoms with E-state index in [1.165, 1.54) is 4.68 Å². The third-order valence-electron chi connectivity index (χ3n) is 4.32. The molecule has 3 nitrogen and oxygen atoms in total. The van der Waals surface area contributed by atoms with Crippen LogP contribution in [0.5, 0.6) is 0 Å².